The molecule has 0 aliphatic carbocycles. The quantitative estimate of drug-likeness (QED) is 0.580. The Hall–Kier alpha value is -2.36. The second kappa shape index (κ2) is 6.18. The van der Waals surface area contributed by atoms with Gasteiger partial charge in [-0.2, -0.15) is 0 Å². The fourth-order valence-corrected chi connectivity index (χ4v) is 1.87. The topological polar surface area (TPSA) is 74.5 Å². The predicted octanol–water partition coefficient (Wildman–Crippen LogP) is 4.44. The van der Waals surface area contributed by atoms with E-state index in [1.165, 1.54) is 18.3 Å². The van der Waals surface area contributed by atoms with Crippen LogP contribution in [0.4, 0.5) is 18.9 Å². The zero-order chi connectivity index (χ0) is 16.3. The monoisotopic (exact) mass is 378 g/mol. The van der Waals surface area contributed by atoms with Gasteiger partial charge in [0.2, 0.25) is 5.75 Å². The molecule has 0 amide bonds. The van der Waals surface area contributed by atoms with E-state index in [-0.39, 0.29) is 21.7 Å². The number of ether oxygens (including phenoxy) is 2. The normalized spacial score (nSPS) is 11.1. The summed E-state index contributed by atoms with van der Waals surface area (Å²) in [4.78, 5) is 13.9. The van der Waals surface area contributed by atoms with Crippen molar-refractivity contribution < 1.29 is 27.6 Å². The number of hydrogen-bond acceptors (Lipinski definition) is 5. The minimum absolute atomic E-state index is 0.101. The van der Waals surface area contributed by atoms with Crippen LogP contribution in [0.25, 0.3) is 0 Å². The molecule has 10 heteroatoms. The third-order valence-corrected chi connectivity index (χ3v) is 2.87. The number of halogens is 4. The molecule has 0 radical (unpaired) electrons. The Morgan fingerprint density at radius 1 is 1.14 bits per heavy atom. The summed E-state index contributed by atoms with van der Waals surface area (Å²) in [5, 5.41) is 10.9. The molecule has 0 saturated carbocycles. The highest BCUT2D eigenvalue weighted by molar-refractivity contribution is 9.10. The van der Waals surface area contributed by atoms with E-state index in [1.54, 1.807) is 0 Å². The minimum Gasteiger partial charge on any atom is -0.449 e. The third-order valence-electron chi connectivity index (χ3n) is 2.31. The Balaban J connectivity index is 2.23. The summed E-state index contributed by atoms with van der Waals surface area (Å²) in [6.07, 6.45) is -2.50. The van der Waals surface area contributed by atoms with E-state index in [0.717, 1.165) is 18.3 Å². The fourth-order valence-electron chi connectivity index (χ4n) is 1.47. The van der Waals surface area contributed by atoms with E-state index in [1.807, 2.05) is 0 Å². The molecule has 0 bridgehead atoms. The van der Waals surface area contributed by atoms with Gasteiger partial charge in [0, 0.05) is 6.20 Å². The summed E-state index contributed by atoms with van der Waals surface area (Å²) in [6.45, 7) is 0. The number of hydrogen-bond donors (Lipinski definition) is 0. The standard InChI is InChI=1S/C12H6BrF3N2O4/c13-9-5-17-6-10(18(19)20)11(9)21-7-1-3-8(4-2-7)22-12(14,15)16/h1-6H. The van der Waals surface area contributed by atoms with Crippen LogP contribution >= 0.6 is 15.9 Å². The van der Waals surface area contributed by atoms with Crippen LogP contribution in [-0.4, -0.2) is 16.3 Å². The molecule has 2 aromatic rings. The molecule has 0 fully saturated rings. The van der Waals surface area contributed by atoms with Crippen molar-refractivity contribution in [1.29, 1.82) is 0 Å². The van der Waals surface area contributed by atoms with E-state index in [2.05, 4.69) is 25.7 Å². The highest BCUT2D eigenvalue weighted by Crippen LogP contribution is 2.37. The van der Waals surface area contributed by atoms with Gasteiger partial charge in [-0.1, -0.05) is 0 Å². The molecular formula is C12H6BrF3N2O4. The molecule has 6 nitrogen and oxygen atoms in total. The van der Waals surface area contributed by atoms with Gasteiger partial charge in [0.15, 0.2) is 0 Å². The van der Waals surface area contributed by atoms with Gasteiger partial charge in [0.25, 0.3) is 0 Å². The van der Waals surface area contributed by atoms with Crippen LogP contribution in [0.5, 0.6) is 17.2 Å². The van der Waals surface area contributed by atoms with Gasteiger partial charge in [-0.25, -0.2) is 0 Å². The molecule has 0 atom stereocenters. The Labute approximate surface area is 129 Å². The van der Waals surface area contributed by atoms with Gasteiger partial charge < -0.3 is 9.47 Å². The first kappa shape index (κ1) is 16.0. The molecule has 116 valence electrons. The highest BCUT2D eigenvalue weighted by Gasteiger charge is 2.31. The zero-order valence-electron chi connectivity index (χ0n) is 10.5. The van der Waals surface area contributed by atoms with Crippen LogP contribution in [0.3, 0.4) is 0 Å². The zero-order valence-corrected chi connectivity index (χ0v) is 12.1. The van der Waals surface area contributed by atoms with Crippen LogP contribution in [-0.2, 0) is 0 Å². The Kier molecular flexibility index (Phi) is 4.50. The number of alkyl halides is 3. The van der Waals surface area contributed by atoms with Gasteiger partial charge in [0.05, 0.1) is 9.40 Å². The number of pyridine rings is 1. The van der Waals surface area contributed by atoms with Crippen LogP contribution in [0.1, 0.15) is 0 Å². The Morgan fingerprint density at radius 3 is 2.27 bits per heavy atom. The lowest BCUT2D eigenvalue weighted by Gasteiger charge is -2.10. The smallest absolute Gasteiger partial charge is 0.449 e. The average Bonchev–Trinajstić information content (AvgIpc) is 2.41. The minimum atomic E-state index is -4.80. The van der Waals surface area contributed by atoms with E-state index < -0.39 is 17.0 Å². The first-order valence-corrected chi connectivity index (χ1v) is 6.37. The van der Waals surface area contributed by atoms with Crippen molar-refractivity contribution in [3.8, 4) is 17.2 Å². The lowest BCUT2D eigenvalue weighted by atomic mass is 10.3. The molecule has 0 aliphatic rings. The number of benzene rings is 1. The maximum atomic E-state index is 12.0. The number of rotatable bonds is 4. The molecule has 1 aromatic heterocycles. The molecular weight excluding hydrogens is 373 g/mol. The largest absolute Gasteiger partial charge is 0.573 e. The van der Waals surface area contributed by atoms with Crippen LogP contribution < -0.4 is 9.47 Å². The summed E-state index contributed by atoms with van der Waals surface area (Å²) < 4.78 is 45.4. The van der Waals surface area contributed by atoms with Gasteiger partial charge in [-0.05, 0) is 40.2 Å². The molecule has 0 spiro atoms. The molecule has 1 aromatic carbocycles. The van der Waals surface area contributed by atoms with Crippen molar-refractivity contribution in [2.75, 3.05) is 0 Å². The van der Waals surface area contributed by atoms with Crippen molar-refractivity contribution in [3.63, 3.8) is 0 Å². The van der Waals surface area contributed by atoms with Gasteiger partial charge in [-0.15, -0.1) is 13.2 Å². The maximum absolute atomic E-state index is 12.0. The summed E-state index contributed by atoms with van der Waals surface area (Å²) in [7, 11) is 0. The van der Waals surface area contributed by atoms with E-state index >= 15 is 0 Å². The third kappa shape index (κ3) is 4.07. The van der Waals surface area contributed by atoms with Crippen molar-refractivity contribution in [2.24, 2.45) is 0 Å². The predicted molar refractivity (Wildman–Crippen MR) is 71.8 cm³/mol. The average molecular weight is 379 g/mol. The molecule has 0 saturated heterocycles. The molecule has 0 aliphatic heterocycles. The first-order chi connectivity index (χ1) is 10.3. The Morgan fingerprint density at radius 2 is 1.73 bits per heavy atom. The van der Waals surface area contributed by atoms with E-state index in [9.17, 15) is 23.3 Å². The summed E-state index contributed by atoms with van der Waals surface area (Å²) in [5.74, 6) is -0.433. The first-order valence-electron chi connectivity index (χ1n) is 5.58. The Bertz CT molecular complexity index is 692. The van der Waals surface area contributed by atoms with Crippen LogP contribution in [0.2, 0.25) is 0 Å². The van der Waals surface area contributed by atoms with Gasteiger partial charge in [0.1, 0.15) is 17.7 Å². The van der Waals surface area contributed by atoms with Gasteiger partial charge in [-0.3, -0.25) is 15.1 Å². The van der Waals surface area contributed by atoms with Crippen molar-refractivity contribution in [2.45, 2.75) is 6.36 Å². The lowest BCUT2D eigenvalue weighted by Crippen LogP contribution is -2.16. The maximum Gasteiger partial charge on any atom is 0.573 e. The molecule has 0 N–H and O–H groups in total. The molecule has 22 heavy (non-hydrogen) atoms. The summed E-state index contributed by atoms with van der Waals surface area (Å²) in [6, 6.07) is 4.45. The van der Waals surface area contributed by atoms with Gasteiger partial charge >= 0.3 is 12.0 Å². The number of nitro groups is 1. The van der Waals surface area contributed by atoms with Crippen LogP contribution in [0, 0.1) is 10.1 Å². The summed E-state index contributed by atoms with van der Waals surface area (Å²) >= 11 is 3.06. The van der Waals surface area contributed by atoms with Crippen LogP contribution in [0.15, 0.2) is 41.1 Å². The second-order valence-corrected chi connectivity index (χ2v) is 4.70. The second-order valence-electron chi connectivity index (χ2n) is 3.85. The van der Waals surface area contributed by atoms with E-state index in [4.69, 9.17) is 4.74 Å². The highest BCUT2D eigenvalue weighted by atomic mass is 79.9. The SMILES string of the molecule is O=[N+]([O-])c1cncc(Br)c1Oc1ccc(OC(F)(F)F)cc1. The van der Waals surface area contributed by atoms with Crippen molar-refractivity contribution in [1.82, 2.24) is 4.98 Å². The molecule has 2 rings (SSSR count). The molecule has 0 unspecified atom stereocenters. The van der Waals surface area contributed by atoms with Crippen molar-refractivity contribution in [3.05, 3.63) is 51.2 Å². The summed E-state index contributed by atoms with van der Waals surface area (Å²) in [5.41, 5.74) is -0.384. The fraction of sp³-hybridized carbons (Fsp3) is 0.0833. The lowest BCUT2D eigenvalue weighted by molar-refractivity contribution is -0.386. The van der Waals surface area contributed by atoms with E-state index in [0.29, 0.717) is 0 Å². The number of nitrogens with zero attached hydrogens (tertiary/aromatic N) is 2. The molecule has 1 heterocycles. The van der Waals surface area contributed by atoms with Crippen molar-refractivity contribution >= 4 is 21.6 Å². The number of aromatic nitrogens is 1.